The molecule has 6 nitrogen and oxygen atoms in total. The standard InChI is InChI=1S/C12H22N2O4/c1-12(2,4-3-10(15)16)5-6-13-7-9-8-14-11(17)18-9/h9,13H,3-8H2,1-2H3,(H,14,17)(H,15,16). The minimum absolute atomic E-state index is 0.00991. The summed E-state index contributed by atoms with van der Waals surface area (Å²) in [4.78, 5) is 21.3. The van der Waals surface area contributed by atoms with Crippen molar-refractivity contribution in [2.24, 2.45) is 5.41 Å². The van der Waals surface area contributed by atoms with Crippen molar-refractivity contribution in [1.29, 1.82) is 0 Å². The van der Waals surface area contributed by atoms with Crippen LogP contribution in [0.2, 0.25) is 0 Å². The Morgan fingerprint density at radius 1 is 1.56 bits per heavy atom. The second kappa shape index (κ2) is 6.58. The fraction of sp³-hybridized carbons (Fsp3) is 0.833. The quantitative estimate of drug-likeness (QED) is 0.565. The molecule has 1 fully saturated rings. The maximum atomic E-state index is 10.8. The van der Waals surface area contributed by atoms with Crippen LogP contribution in [0.25, 0.3) is 0 Å². The Hall–Kier alpha value is -1.30. The minimum Gasteiger partial charge on any atom is -0.481 e. The molecule has 0 spiro atoms. The van der Waals surface area contributed by atoms with Gasteiger partial charge in [-0.15, -0.1) is 0 Å². The first-order valence-electron chi connectivity index (χ1n) is 6.26. The van der Waals surface area contributed by atoms with E-state index in [1.54, 1.807) is 0 Å². The van der Waals surface area contributed by atoms with Crippen molar-refractivity contribution >= 4 is 12.1 Å². The van der Waals surface area contributed by atoms with Gasteiger partial charge in [-0.25, -0.2) is 4.79 Å². The Morgan fingerprint density at radius 2 is 2.28 bits per heavy atom. The molecule has 0 aliphatic carbocycles. The maximum Gasteiger partial charge on any atom is 0.407 e. The number of carbonyl (C=O) groups excluding carboxylic acids is 1. The van der Waals surface area contributed by atoms with Crippen LogP contribution in [0, 0.1) is 5.41 Å². The summed E-state index contributed by atoms with van der Waals surface area (Å²) in [6.45, 7) is 6.10. The highest BCUT2D eigenvalue weighted by atomic mass is 16.6. The van der Waals surface area contributed by atoms with Gasteiger partial charge in [-0.1, -0.05) is 13.8 Å². The zero-order valence-electron chi connectivity index (χ0n) is 11.0. The van der Waals surface area contributed by atoms with Crippen LogP contribution in [-0.4, -0.2) is 42.9 Å². The number of hydrogen-bond acceptors (Lipinski definition) is 4. The number of carboxylic acid groups (broad SMARTS) is 1. The molecule has 0 aromatic heterocycles. The first kappa shape index (κ1) is 14.8. The number of aliphatic carboxylic acids is 1. The lowest BCUT2D eigenvalue weighted by atomic mass is 9.84. The van der Waals surface area contributed by atoms with E-state index >= 15 is 0 Å². The molecule has 3 N–H and O–H groups in total. The van der Waals surface area contributed by atoms with Crippen molar-refractivity contribution < 1.29 is 19.4 Å². The van der Waals surface area contributed by atoms with Gasteiger partial charge < -0.3 is 20.5 Å². The Bertz CT molecular complexity index is 304. The van der Waals surface area contributed by atoms with Gasteiger partial charge in [-0.3, -0.25) is 4.79 Å². The Labute approximate surface area is 107 Å². The molecule has 1 unspecified atom stereocenters. The van der Waals surface area contributed by atoms with E-state index in [-0.39, 0.29) is 24.0 Å². The molecule has 1 aliphatic rings. The normalized spacial score (nSPS) is 19.4. The summed E-state index contributed by atoms with van der Waals surface area (Å²) >= 11 is 0. The van der Waals surface area contributed by atoms with Gasteiger partial charge in [0.05, 0.1) is 6.54 Å². The summed E-state index contributed by atoms with van der Waals surface area (Å²) in [5, 5.41) is 14.5. The largest absolute Gasteiger partial charge is 0.481 e. The molecular weight excluding hydrogens is 236 g/mol. The second-order valence-corrected chi connectivity index (χ2v) is 5.42. The SMILES string of the molecule is CC(C)(CCNCC1CNC(=O)O1)CCC(=O)O. The molecular formula is C12H22N2O4. The van der Waals surface area contributed by atoms with Gasteiger partial charge in [0.2, 0.25) is 0 Å². The van der Waals surface area contributed by atoms with Crippen LogP contribution < -0.4 is 10.6 Å². The van der Waals surface area contributed by atoms with Gasteiger partial charge in [0.1, 0.15) is 6.10 Å². The predicted molar refractivity (Wildman–Crippen MR) is 66.4 cm³/mol. The van der Waals surface area contributed by atoms with E-state index in [0.717, 1.165) is 13.0 Å². The van der Waals surface area contributed by atoms with Gasteiger partial charge in [-0.2, -0.15) is 0 Å². The first-order valence-corrected chi connectivity index (χ1v) is 6.26. The highest BCUT2D eigenvalue weighted by molar-refractivity contribution is 5.69. The van der Waals surface area contributed by atoms with Crippen LogP contribution in [0.15, 0.2) is 0 Å². The third kappa shape index (κ3) is 5.86. The average molecular weight is 258 g/mol. The van der Waals surface area contributed by atoms with E-state index < -0.39 is 5.97 Å². The molecule has 1 rings (SSSR count). The monoisotopic (exact) mass is 258 g/mol. The Morgan fingerprint density at radius 3 is 2.83 bits per heavy atom. The molecule has 0 aromatic rings. The number of ether oxygens (including phenoxy) is 1. The van der Waals surface area contributed by atoms with Crippen LogP contribution in [0.3, 0.4) is 0 Å². The molecule has 1 atom stereocenters. The van der Waals surface area contributed by atoms with E-state index in [1.807, 2.05) is 0 Å². The van der Waals surface area contributed by atoms with Crippen LogP contribution in [0.4, 0.5) is 4.79 Å². The number of carboxylic acids is 1. The van der Waals surface area contributed by atoms with Gasteiger partial charge in [0, 0.05) is 13.0 Å². The third-order valence-electron chi connectivity index (χ3n) is 3.11. The summed E-state index contributed by atoms with van der Waals surface area (Å²) in [6.07, 6.45) is 1.32. The molecule has 104 valence electrons. The number of carbonyl (C=O) groups is 2. The average Bonchev–Trinajstić information content (AvgIpc) is 2.68. The summed E-state index contributed by atoms with van der Waals surface area (Å²) < 4.78 is 4.98. The van der Waals surface area contributed by atoms with E-state index in [9.17, 15) is 9.59 Å². The van der Waals surface area contributed by atoms with Crippen LogP contribution >= 0.6 is 0 Å². The van der Waals surface area contributed by atoms with Crippen molar-refractivity contribution in [3.63, 3.8) is 0 Å². The number of rotatable bonds is 8. The van der Waals surface area contributed by atoms with Crippen LogP contribution in [-0.2, 0) is 9.53 Å². The Balaban J connectivity index is 2.09. The number of alkyl carbamates (subject to hydrolysis) is 1. The molecule has 0 saturated carbocycles. The highest BCUT2D eigenvalue weighted by Gasteiger charge is 2.22. The van der Waals surface area contributed by atoms with Crippen molar-refractivity contribution in [2.45, 2.75) is 39.2 Å². The van der Waals surface area contributed by atoms with Crippen LogP contribution in [0.5, 0.6) is 0 Å². The molecule has 18 heavy (non-hydrogen) atoms. The fourth-order valence-corrected chi connectivity index (χ4v) is 1.81. The molecule has 0 aromatic carbocycles. The lowest BCUT2D eigenvalue weighted by Crippen LogP contribution is -2.32. The highest BCUT2D eigenvalue weighted by Crippen LogP contribution is 2.25. The first-order chi connectivity index (χ1) is 8.39. The van der Waals surface area contributed by atoms with Crippen molar-refractivity contribution in [1.82, 2.24) is 10.6 Å². The minimum atomic E-state index is -0.750. The summed E-state index contributed by atoms with van der Waals surface area (Å²) in [5.74, 6) is -0.750. The third-order valence-corrected chi connectivity index (χ3v) is 3.11. The lowest BCUT2D eigenvalue weighted by molar-refractivity contribution is -0.137. The van der Waals surface area contributed by atoms with E-state index in [1.165, 1.54) is 0 Å². The molecule has 1 heterocycles. The van der Waals surface area contributed by atoms with Crippen molar-refractivity contribution in [2.75, 3.05) is 19.6 Å². The summed E-state index contributed by atoms with van der Waals surface area (Å²) in [7, 11) is 0. The number of amides is 1. The number of nitrogens with one attached hydrogen (secondary N) is 2. The zero-order chi connectivity index (χ0) is 13.6. The number of cyclic esters (lactones) is 1. The molecule has 1 amide bonds. The lowest BCUT2D eigenvalue weighted by Gasteiger charge is -2.24. The van der Waals surface area contributed by atoms with Crippen molar-refractivity contribution in [3.05, 3.63) is 0 Å². The fourth-order valence-electron chi connectivity index (χ4n) is 1.81. The van der Waals surface area contributed by atoms with Gasteiger partial charge in [-0.05, 0) is 24.8 Å². The molecule has 0 radical (unpaired) electrons. The summed E-state index contributed by atoms with van der Waals surface area (Å²) in [6, 6.07) is 0. The topological polar surface area (TPSA) is 87.7 Å². The van der Waals surface area contributed by atoms with Gasteiger partial charge in [0.25, 0.3) is 0 Å². The number of hydrogen-bond donors (Lipinski definition) is 3. The van der Waals surface area contributed by atoms with Crippen molar-refractivity contribution in [3.8, 4) is 0 Å². The van der Waals surface area contributed by atoms with Crippen LogP contribution in [0.1, 0.15) is 33.1 Å². The zero-order valence-corrected chi connectivity index (χ0v) is 11.0. The van der Waals surface area contributed by atoms with E-state index in [4.69, 9.17) is 9.84 Å². The second-order valence-electron chi connectivity index (χ2n) is 5.42. The smallest absolute Gasteiger partial charge is 0.407 e. The maximum absolute atomic E-state index is 10.8. The molecule has 1 saturated heterocycles. The Kier molecular flexibility index (Phi) is 5.40. The molecule has 1 aliphatic heterocycles. The summed E-state index contributed by atoms with van der Waals surface area (Å²) in [5.41, 5.74) is 0.00991. The molecule has 0 bridgehead atoms. The molecule has 6 heteroatoms. The predicted octanol–water partition coefficient (Wildman–Crippen LogP) is 0.965. The van der Waals surface area contributed by atoms with Gasteiger partial charge in [0.15, 0.2) is 0 Å². The van der Waals surface area contributed by atoms with Gasteiger partial charge >= 0.3 is 12.1 Å². The van der Waals surface area contributed by atoms with E-state index in [2.05, 4.69) is 24.5 Å². The van der Waals surface area contributed by atoms with E-state index in [0.29, 0.717) is 19.5 Å².